The number of hydrogen-bond acceptors (Lipinski definition) is 12. The zero-order valence-electron chi connectivity index (χ0n) is 26.8. The first-order valence-corrected chi connectivity index (χ1v) is 19.1. The van der Waals surface area contributed by atoms with Crippen LogP contribution in [0.2, 0.25) is 0 Å². The van der Waals surface area contributed by atoms with Crippen molar-refractivity contribution in [1.29, 1.82) is 0 Å². The minimum atomic E-state index is -1.09. The Morgan fingerprint density at radius 2 is 1.26 bits per heavy atom. The first-order valence-electron chi connectivity index (χ1n) is 15.9. The summed E-state index contributed by atoms with van der Waals surface area (Å²) in [7, 11) is 0. The van der Waals surface area contributed by atoms with Crippen LogP contribution in [0.25, 0.3) is 0 Å². The number of carbonyl (C=O) groups is 1. The summed E-state index contributed by atoms with van der Waals surface area (Å²) in [5.74, 6) is -1.02. The van der Waals surface area contributed by atoms with Crippen molar-refractivity contribution >= 4 is 82.3 Å². The molecular weight excluding hydrogens is 814 g/mol. The smallest absolute Gasteiger partial charge is 0.257 e. The molecule has 5 aromatic rings. The Labute approximate surface area is 313 Å². The summed E-state index contributed by atoms with van der Waals surface area (Å²) < 4.78 is 29.3. The van der Waals surface area contributed by atoms with E-state index in [2.05, 4.69) is 83.6 Å². The lowest BCUT2D eigenvalue weighted by molar-refractivity contribution is 0.0621. The largest absolute Gasteiger partial charge is 0.336 e. The average Bonchev–Trinajstić information content (AvgIpc) is 3.73. The molecule has 11 nitrogen and oxygen atoms in total. The van der Waals surface area contributed by atoms with Crippen LogP contribution in [-0.2, 0) is 13.1 Å². The number of aromatic nitrogens is 4. The van der Waals surface area contributed by atoms with Gasteiger partial charge in [0.1, 0.15) is 11.6 Å². The Bertz CT molecular complexity index is 1880. The normalized spacial score (nSPS) is 15.3. The molecule has 3 N–H and O–H groups in total. The second kappa shape index (κ2) is 17.7. The summed E-state index contributed by atoms with van der Waals surface area (Å²) in [6.07, 6.45) is 3.52. The monoisotopic (exact) mass is 846 g/mol. The van der Waals surface area contributed by atoms with Crippen molar-refractivity contribution in [3.05, 3.63) is 103 Å². The van der Waals surface area contributed by atoms with E-state index in [4.69, 9.17) is 0 Å². The topological polar surface area (TPSA) is 114 Å². The molecule has 0 spiro atoms. The Morgan fingerprint density at radius 1 is 0.740 bits per heavy atom. The first-order chi connectivity index (χ1) is 24.3. The summed E-state index contributed by atoms with van der Waals surface area (Å²) in [6, 6.07) is 15.5. The lowest BCUT2D eigenvalue weighted by atomic mass is 10.1. The van der Waals surface area contributed by atoms with Crippen LogP contribution in [0.5, 0.6) is 0 Å². The molecule has 4 aromatic heterocycles. The highest BCUT2D eigenvalue weighted by Gasteiger charge is 2.25. The van der Waals surface area contributed by atoms with Crippen molar-refractivity contribution < 1.29 is 13.6 Å². The number of rotatable bonds is 9. The van der Waals surface area contributed by atoms with Gasteiger partial charge in [-0.15, -0.1) is 0 Å². The number of thiazole rings is 2. The molecule has 2 saturated heterocycles. The van der Waals surface area contributed by atoms with Crippen LogP contribution >= 0.6 is 54.5 Å². The molecule has 7 rings (SSSR count). The molecule has 2 fully saturated rings. The maximum Gasteiger partial charge on any atom is 0.257 e. The van der Waals surface area contributed by atoms with Gasteiger partial charge in [0.15, 0.2) is 21.9 Å². The van der Waals surface area contributed by atoms with E-state index in [-0.39, 0.29) is 5.56 Å². The van der Waals surface area contributed by atoms with Crippen LogP contribution in [0.4, 0.5) is 30.7 Å². The summed E-state index contributed by atoms with van der Waals surface area (Å²) >= 11 is 9.84. The standard InChI is InChI=1S/C20H18BrF2N5OS.C13H16BrN5S/c21-16-11-24-20(30-16)26-17-6-1-3-13(25-17)12-27-7-9-28(10-8-27)19(29)14-4-2-5-15(22)18(14)23;14-11-8-16-13(20-11)18-12-3-1-2-10(17-12)9-19-6-4-15-5-7-19/h1-6,11H,7-10,12H2,(H,24,25,26);1-3,8,15H,4-7,9H2,(H,16,17,18). The Morgan fingerprint density at radius 3 is 1.78 bits per heavy atom. The van der Waals surface area contributed by atoms with E-state index in [1.54, 1.807) is 28.6 Å². The Balaban J connectivity index is 0.000000187. The van der Waals surface area contributed by atoms with Gasteiger partial charge in [-0.2, -0.15) is 0 Å². The van der Waals surface area contributed by atoms with Gasteiger partial charge in [-0.3, -0.25) is 14.6 Å². The number of halogens is 4. The highest BCUT2D eigenvalue weighted by Crippen LogP contribution is 2.27. The Hall–Kier alpha value is -3.45. The van der Waals surface area contributed by atoms with Gasteiger partial charge in [0.25, 0.3) is 5.91 Å². The molecule has 0 unspecified atom stereocenters. The molecule has 1 aromatic carbocycles. The van der Waals surface area contributed by atoms with Crippen molar-refractivity contribution in [2.45, 2.75) is 13.1 Å². The van der Waals surface area contributed by atoms with Crippen LogP contribution in [0, 0.1) is 11.6 Å². The molecule has 6 heterocycles. The third-order valence-electron chi connectivity index (χ3n) is 7.86. The maximum absolute atomic E-state index is 13.9. The van der Waals surface area contributed by atoms with Gasteiger partial charge in [0.2, 0.25) is 0 Å². The van der Waals surface area contributed by atoms with Gasteiger partial charge >= 0.3 is 0 Å². The summed E-state index contributed by atoms with van der Waals surface area (Å²) in [5.41, 5.74) is 1.76. The average molecular weight is 849 g/mol. The number of hydrogen-bond donors (Lipinski definition) is 3. The van der Waals surface area contributed by atoms with Crippen LogP contribution in [0.1, 0.15) is 21.7 Å². The van der Waals surface area contributed by atoms with Gasteiger partial charge < -0.3 is 20.9 Å². The molecule has 0 radical (unpaired) electrons. The second-order valence-corrected chi connectivity index (χ2v) is 16.2. The van der Waals surface area contributed by atoms with Gasteiger partial charge in [0.05, 0.1) is 36.9 Å². The van der Waals surface area contributed by atoms with Gasteiger partial charge in [0, 0.05) is 65.4 Å². The molecule has 2 aliphatic heterocycles. The van der Waals surface area contributed by atoms with E-state index in [0.29, 0.717) is 38.5 Å². The molecule has 0 bridgehead atoms. The fourth-order valence-electron chi connectivity index (χ4n) is 5.39. The van der Waals surface area contributed by atoms with E-state index in [9.17, 15) is 13.6 Å². The lowest BCUT2D eigenvalue weighted by Crippen LogP contribution is -2.48. The van der Waals surface area contributed by atoms with E-state index in [0.717, 1.165) is 73.8 Å². The van der Waals surface area contributed by atoms with Crippen molar-refractivity contribution in [2.75, 3.05) is 63.0 Å². The van der Waals surface area contributed by atoms with E-state index in [1.807, 2.05) is 30.3 Å². The fourth-order valence-corrected chi connectivity index (χ4v) is 7.62. The molecule has 0 aliphatic carbocycles. The van der Waals surface area contributed by atoms with E-state index in [1.165, 1.54) is 23.5 Å². The number of pyridine rings is 2. The number of nitrogens with one attached hydrogen (secondary N) is 3. The molecule has 2 aliphatic rings. The van der Waals surface area contributed by atoms with E-state index < -0.39 is 17.5 Å². The molecular formula is C33H34Br2F2N10OS2. The maximum atomic E-state index is 13.9. The van der Waals surface area contributed by atoms with Crippen LogP contribution in [-0.4, -0.2) is 92.9 Å². The zero-order chi connectivity index (χ0) is 34.9. The van der Waals surface area contributed by atoms with Gasteiger partial charge in [-0.1, -0.05) is 40.9 Å². The Kier molecular flexibility index (Phi) is 12.8. The molecule has 262 valence electrons. The summed E-state index contributed by atoms with van der Waals surface area (Å²) in [5, 5.41) is 11.4. The second-order valence-electron chi connectivity index (χ2n) is 11.4. The van der Waals surface area contributed by atoms with Crippen molar-refractivity contribution in [3.8, 4) is 0 Å². The molecule has 0 saturated carbocycles. The molecule has 0 atom stereocenters. The third kappa shape index (κ3) is 10.3. The van der Waals surface area contributed by atoms with Crippen molar-refractivity contribution in [3.63, 3.8) is 0 Å². The quantitative estimate of drug-likeness (QED) is 0.148. The number of anilines is 4. The molecule has 17 heteroatoms. The predicted molar refractivity (Wildman–Crippen MR) is 200 cm³/mol. The first kappa shape index (κ1) is 36.3. The number of nitrogens with zero attached hydrogens (tertiary/aromatic N) is 7. The minimum Gasteiger partial charge on any atom is -0.336 e. The van der Waals surface area contributed by atoms with Crippen molar-refractivity contribution in [2.24, 2.45) is 0 Å². The summed E-state index contributed by atoms with van der Waals surface area (Å²) in [6.45, 7) is 7.96. The zero-order valence-corrected chi connectivity index (χ0v) is 31.6. The van der Waals surface area contributed by atoms with Crippen LogP contribution in [0.3, 0.4) is 0 Å². The molecule has 1 amide bonds. The SMILES string of the molecule is Brc1cnc(Nc2cccc(CN3CCNCC3)n2)s1.O=C(c1cccc(F)c1F)N1CCN(Cc2cccc(Nc3ncc(Br)s3)n2)CC1. The number of piperazine rings is 2. The van der Waals surface area contributed by atoms with Crippen LogP contribution < -0.4 is 16.0 Å². The van der Waals surface area contributed by atoms with Crippen molar-refractivity contribution in [1.82, 2.24) is 40.0 Å². The van der Waals surface area contributed by atoms with E-state index >= 15 is 0 Å². The number of carbonyl (C=O) groups excluding carboxylic acids is 1. The summed E-state index contributed by atoms with van der Waals surface area (Å²) in [4.78, 5) is 36.5. The predicted octanol–water partition coefficient (Wildman–Crippen LogP) is 6.73. The fraction of sp³-hybridized carbons (Fsp3) is 0.303. The lowest BCUT2D eigenvalue weighted by Gasteiger charge is -2.34. The third-order valence-corrected chi connectivity index (χ3v) is 10.6. The highest BCUT2D eigenvalue weighted by atomic mass is 79.9. The number of amides is 1. The number of benzene rings is 1. The van der Waals surface area contributed by atoms with Gasteiger partial charge in [-0.25, -0.2) is 28.7 Å². The highest BCUT2D eigenvalue weighted by molar-refractivity contribution is 9.11. The van der Waals surface area contributed by atoms with Crippen LogP contribution in [0.15, 0.2) is 74.6 Å². The minimum absolute atomic E-state index is 0.224. The molecule has 50 heavy (non-hydrogen) atoms. The van der Waals surface area contributed by atoms with Gasteiger partial charge in [-0.05, 0) is 68.3 Å².